The van der Waals surface area contributed by atoms with Crippen LogP contribution >= 0.6 is 0 Å². The van der Waals surface area contributed by atoms with Crippen molar-refractivity contribution in [1.82, 2.24) is 9.21 Å². The molecule has 0 aliphatic carbocycles. The summed E-state index contributed by atoms with van der Waals surface area (Å²) >= 11 is 0. The van der Waals surface area contributed by atoms with Gasteiger partial charge in [0, 0.05) is 37.4 Å². The van der Waals surface area contributed by atoms with Gasteiger partial charge < -0.3 is 5.32 Å². The maximum absolute atomic E-state index is 14.0. The van der Waals surface area contributed by atoms with E-state index in [1.165, 1.54) is 10.4 Å². The second-order valence-corrected chi connectivity index (χ2v) is 10.6. The number of rotatable bonds is 6. The number of piperidine rings is 2. The fourth-order valence-electron chi connectivity index (χ4n) is 4.49. The van der Waals surface area contributed by atoms with Crippen molar-refractivity contribution in [2.45, 2.75) is 43.5 Å². The molecule has 2 fully saturated rings. The molecule has 1 atom stereocenters. The molecule has 1 amide bonds. The van der Waals surface area contributed by atoms with Crippen molar-refractivity contribution in [3.63, 3.8) is 0 Å². The molecule has 4 rings (SSSR count). The van der Waals surface area contributed by atoms with E-state index >= 15 is 0 Å². The number of hydrogen-bond donors (Lipinski definition) is 1. The first-order chi connectivity index (χ1) is 15.4. The van der Waals surface area contributed by atoms with Crippen LogP contribution in [0.3, 0.4) is 0 Å². The van der Waals surface area contributed by atoms with Crippen molar-refractivity contribution >= 4 is 21.6 Å². The fourth-order valence-corrected chi connectivity index (χ4v) is 6.01. The molecular weight excluding hydrogens is 429 g/mol. The van der Waals surface area contributed by atoms with Gasteiger partial charge in [-0.3, -0.25) is 9.69 Å². The Morgan fingerprint density at radius 2 is 1.69 bits per heavy atom. The van der Waals surface area contributed by atoms with Gasteiger partial charge in [0.1, 0.15) is 5.82 Å². The number of carbonyl (C=O) groups excluding carboxylic acids is 1. The number of benzene rings is 2. The van der Waals surface area contributed by atoms with Crippen LogP contribution < -0.4 is 5.32 Å². The predicted molar refractivity (Wildman–Crippen MR) is 122 cm³/mol. The van der Waals surface area contributed by atoms with Crippen molar-refractivity contribution in [2.24, 2.45) is 5.92 Å². The molecular formula is C24H30FN3O3S. The van der Waals surface area contributed by atoms with Gasteiger partial charge in [-0.1, -0.05) is 24.6 Å². The summed E-state index contributed by atoms with van der Waals surface area (Å²) in [4.78, 5) is 15.2. The van der Waals surface area contributed by atoms with Gasteiger partial charge in [-0.2, -0.15) is 4.31 Å². The van der Waals surface area contributed by atoms with E-state index < -0.39 is 10.0 Å². The average Bonchev–Trinajstić information content (AvgIpc) is 2.82. The number of halogens is 1. The Labute approximate surface area is 189 Å². The molecule has 0 aromatic heterocycles. The van der Waals surface area contributed by atoms with Crippen LogP contribution in [-0.2, 0) is 21.4 Å². The van der Waals surface area contributed by atoms with E-state index in [1.54, 1.807) is 36.4 Å². The van der Waals surface area contributed by atoms with E-state index in [1.807, 2.05) is 6.07 Å². The molecule has 1 N–H and O–H groups in total. The number of anilines is 1. The number of carbonyl (C=O) groups is 1. The number of likely N-dealkylation sites (tertiary alicyclic amines) is 1. The number of nitrogens with zero attached hydrogens (tertiary/aromatic N) is 2. The van der Waals surface area contributed by atoms with E-state index in [0.717, 1.165) is 38.6 Å². The van der Waals surface area contributed by atoms with Crippen LogP contribution in [0.1, 0.15) is 37.7 Å². The van der Waals surface area contributed by atoms with Crippen molar-refractivity contribution in [3.8, 4) is 0 Å². The Morgan fingerprint density at radius 3 is 2.41 bits per heavy atom. The number of amides is 1. The Bertz CT molecular complexity index is 1040. The molecule has 6 nitrogen and oxygen atoms in total. The summed E-state index contributed by atoms with van der Waals surface area (Å²) in [5, 5.41) is 2.92. The summed E-state index contributed by atoms with van der Waals surface area (Å²) in [6.07, 6.45) is 4.50. The number of nitrogens with one attached hydrogen (secondary N) is 1. The van der Waals surface area contributed by atoms with Gasteiger partial charge >= 0.3 is 0 Å². The maximum atomic E-state index is 14.0. The molecule has 0 bridgehead atoms. The summed E-state index contributed by atoms with van der Waals surface area (Å²) in [5.41, 5.74) is 1.22. The summed E-state index contributed by atoms with van der Waals surface area (Å²) in [5.74, 6) is -0.499. The molecule has 0 saturated carbocycles. The Kier molecular flexibility index (Phi) is 7.23. The van der Waals surface area contributed by atoms with Crippen molar-refractivity contribution in [1.29, 1.82) is 0 Å². The average molecular weight is 460 g/mol. The molecule has 172 valence electrons. The zero-order valence-corrected chi connectivity index (χ0v) is 19.0. The second kappa shape index (κ2) is 10.1. The van der Waals surface area contributed by atoms with E-state index in [-0.39, 0.29) is 22.5 Å². The third-order valence-corrected chi connectivity index (χ3v) is 8.22. The molecule has 0 radical (unpaired) electrons. The van der Waals surface area contributed by atoms with Gasteiger partial charge in [0.25, 0.3) is 0 Å². The monoisotopic (exact) mass is 459 g/mol. The molecule has 2 aliphatic heterocycles. The molecule has 1 unspecified atom stereocenters. The van der Waals surface area contributed by atoms with Crippen LogP contribution in [0, 0.1) is 11.7 Å². The fraction of sp³-hybridized carbons (Fsp3) is 0.458. The van der Waals surface area contributed by atoms with Gasteiger partial charge in [0.05, 0.1) is 10.8 Å². The molecule has 2 aromatic carbocycles. The van der Waals surface area contributed by atoms with Crippen molar-refractivity contribution in [2.75, 3.05) is 31.5 Å². The lowest BCUT2D eigenvalue weighted by Crippen LogP contribution is -2.40. The van der Waals surface area contributed by atoms with E-state index in [2.05, 4.69) is 10.2 Å². The molecule has 32 heavy (non-hydrogen) atoms. The third kappa shape index (κ3) is 5.36. The molecule has 2 heterocycles. The lowest BCUT2D eigenvalue weighted by molar-refractivity contribution is -0.121. The lowest BCUT2D eigenvalue weighted by Gasteiger charge is -2.32. The summed E-state index contributed by atoms with van der Waals surface area (Å²) in [7, 11) is -3.48. The van der Waals surface area contributed by atoms with Crippen LogP contribution in [0.15, 0.2) is 53.4 Å². The molecule has 8 heteroatoms. The Morgan fingerprint density at radius 1 is 0.969 bits per heavy atom. The standard InChI is InChI=1S/C24H30FN3O3S/c25-23-9-3-2-7-19(23)17-27-14-6-8-20(18-27)24(29)26-21-10-12-22(13-11-21)32(30,31)28-15-4-1-5-16-28/h2-3,7,9-13,20H,1,4-6,8,14-18H2,(H,26,29). The highest BCUT2D eigenvalue weighted by Crippen LogP contribution is 2.24. The number of hydrogen-bond acceptors (Lipinski definition) is 4. The highest BCUT2D eigenvalue weighted by molar-refractivity contribution is 7.89. The minimum Gasteiger partial charge on any atom is -0.326 e. The lowest BCUT2D eigenvalue weighted by atomic mass is 9.96. The quantitative estimate of drug-likeness (QED) is 0.712. The normalized spacial score (nSPS) is 20.7. The molecule has 2 aromatic rings. The van der Waals surface area contributed by atoms with Crippen LogP contribution in [0.5, 0.6) is 0 Å². The first-order valence-corrected chi connectivity index (χ1v) is 12.7. The number of sulfonamides is 1. The van der Waals surface area contributed by atoms with E-state index in [0.29, 0.717) is 37.4 Å². The highest BCUT2D eigenvalue weighted by atomic mass is 32.2. The molecule has 2 saturated heterocycles. The molecule has 2 aliphatic rings. The summed E-state index contributed by atoms with van der Waals surface area (Å²) in [6, 6.07) is 13.1. The van der Waals surface area contributed by atoms with Crippen molar-refractivity contribution in [3.05, 3.63) is 59.9 Å². The van der Waals surface area contributed by atoms with Crippen LogP contribution in [0.25, 0.3) is 0 Å². The minimum absolute atomic E-state index is 0.0881. The van der Waals surface area contributed by atoms with Gasteiger partial charge in [0.2, 0.25) is 15.9 Å². The maximum Gasteiger partial charge on any atom is 0.243 e. The second-order valence-electron chi connectivity index (χ2n) is 8.64. The minimum atomic E-state index is -3.48. The van der Waals surface area contributed by atoms with Gasteiger partial charge in [0.15, 0.2) is 0 Å². The summed E-state index contributed by atoms with van der Waals surface area (Å²) in [6.45, 7) is 3.01. The Hall–Kier alpha value is -2.29. The zero-order chi connectivity index (χ0) is 22.6. The first kappa shape index (κ1) is 22.9. The van der Waals surface area contributed by atoms with Gasteiger partial charge in [-0.15, -0.1) is 0 Å². The van der Waals surface area contributed by atoms with Gasteiger partial charge in [-0.25, -0.2) is 12.8 Å². The van der Waals surface area contributed by atoms with Crippen LogP contribution in [0.2, 0.25) is 0 Å². The Balaban J connectivity index is 1.35. The largest absolute Gasteiger partial charge is 0.326 e. The SMILES string of the molecule is O=C(Nc1ccc(S(=O)(=O)N2CCCCC2)cc1)C1CCCN(Cc2ccccc2F)C1. The van der Waals surface area contributed by atoms with E-state index in [4.69, 9.17) is 0 Å². The van der Waals surface area contributed by atoms with E-state index in [9.17, 15) is 17.6 Å². The predicted octanol–water partition coefficient (Wildman–Crippen LogP) is 3.85. The smallest absolute Gasteiger partial charge is 0.243 e. The highest BCUT2D eigenvalue weighted by Gasteiger charge is 2.28. The van der Waals surface area contributed by atoms with Crippen LogP contribution in [0.4, 0.5) is 10.1 Å². The topological polar surface area (TPSA) is 69.7 Å². The third-order valence-electron chi connectivity index (χ3n) is 6.30. The summed E-state index contributed by atoms with van der Waals surface area (Å²) < 4.78 is 41.1. The van der Waals surface area contributed by atoms with Crippen molar-refractivity contribution < 1.29 is 17.6 Å². The molecule has 0 spiro atoms. The zero-order valence-electron chi connectivity index (χ0n) is 18.2. The van der Waals surface area contributed by atoms with Crippen LogP contribution in [-0.4, -0.2) is 49.7 Å². The first-order valence-electron chi connectivity index (χ1n) is 11.3. The van der Waals surface area contributed by atoms with Gasteiger partial charge in [-0.05, 0) is 62.6 Å².